The van der Waals surface area contributed by atoms with E-state index in [4.69, 9.17) is 44.9 Å². The number of nitrogens with two attached hydrogens (primary N) is 1. The first-order chi connectivity index (χ1) is 9.90. The van der Waals surface area contributed by atoms with Crippen LogP contribution in [0.5, 0.6) is 0 Å². The third-order valence-electron chi connectivity index (χ3n) is 2.40. The monoisotopic (exact) mass is 423 g/mol. The van der Waals surface area contributed by atoms with Crippen LogP contribution in [0.2, 0.25) is 0 Å². The highest BCUT2D eigenvalue weighted by atomic mass is 31.2. The molecule has 0 radical (unpaired) electrons. The van der Waals surface area contributed by atoms with Crippen molar-refractivity contribution in [3.8, 4) is 0 Å². The summed E-state index contributed by atoms with van der Waals surface area (Å²) in [5, 5.41) is -2.61. The second kappa shape index (κ2) is 7.82. The van der Waals surface area contributed by atoms with E-state index in [0.717, 1.165) is 0 Å². The summed E-state index contributed by atoms with van der Waals surface area (Å²) in [7, 11) is -21.8. The molecule has 0 aromatic rings. The van der Waals surface area contributed by atoms with Gasteiger partial charge in [-0.05, 0) is 0 Å². The molecule has 0 saturated carbocycles. The van der Waals surface area contributed by atoms with E-state index in [9.17, 15) is 18.3 Å². The molecular formula is C5H17NO13P4. The summed E-state index contributed by atoms with van der Waals surface area (Å²) in [4.78, 5) is 71.1. The van der Waals surface area contributed by atoms with Gasteiger partial charge in [0.15, 0.2) is 5.40 Å². The first kappa shape index (κ1) is 23.5. The molecule has 1 unspecified atom stereocenters. The number of hydrogen-bond donors (Lipinski definition) is 9. The van der Waals surface area contributed by atoms with Gasteiger partial charge >= 0.3 is 30.4 Å². The van der Waals surface area contributed by atoms with Crippen LogP contribution in [0.15, 0.2) is 0 Å². The molecule has 1 atom stereocenters. The van der Waals surface area contributed by atoms with Crippen LogP contribution in [0, 0.1) is 0 Å². The van der Waals surface area contributed by atoms with Gasteiger partial charge < -0.3 is 49.6 Å². The van der Waals surface area contributed by atoms with Crippen molar-refractivity contribution in [1.29, 1.82) is 0 Å². The molecule has 0 fully saturated rings. The van der Waals surface area contributed by atoms with Gasteiger partial charge in [-0.1, -0.05) is 0 Å². The minimum Gasteiger partial charge on any atom is -0.350 e. The Morgan fingerprint density at radius 2 is 1.09 bits per heavy atom. The molecule has 18 heteroatoms. The average Bonchev–Trinajstić information content (AvgIpc) is 2.21. The summed E-state index contributed by atoms with van der Waals surface area (Å²) in [5.41, 5.74) is 2.12. The largest absolute Gasteiger partial charge is 0.366 e. The molecule has 0 heterocycles. The van der Waals surface area contributed by atoms with Crippen LogP contribution in [0.3, 0.4) is 0 Å². The van der Waals surface area contributed by atoms with E-state index < -0.39 is 60.4 Å². The van der Waals surface area contributed by atoms with Crippen LogP contribution in [-0.4, -0.2) is 62.8 Å². The van der Waals surface area contributed by atoms with E-state index in [0.29, 0.717) is 0 Å². The zero-order valence-corrected chi connectivity index (χ0v) is 14.7. The van der Waals surface area contributed by atoms with Crippen LogP contribution in [-0.2, 0) is 23.0 Å². The molecule has 23 heavy (non-hydrogen) atoms. The first-order valence-corrected chi connectivity index (χ1v) is 12.2. The number of rotatable bonds is 9. The van der Waals surface area contributed by atoms with Crippen molar-refractivity contribution in [2.45, 2.75) is 23.5 Å². The summed E-state index contributed by atoms with van der Waals surface area (Å²) in [5.74, 6) is 0. The molecular weight excluding hydrogens is 406 g/mol. The molecule has 0 amide bonds. The molecule has 0 aliphatic carbocycles. The van der Waals surface area contributed by atoms with E-state index >= 15 is 0 Å². The predicted octanol–water partition coefficient (Wildman–Crippen LogP) is -1.96. The average molecular weight is 423 g/mol. The molecule has 0 saturated heterocycles. The SMILES string of the molecule is NCC(CC(P(=O)(O)O)P(=O)(O)O)OC(P(=O)(O)O)P(=O)(O)O. The third-order valence-corrected chi connectivity index (χ3v) is 9.38. The Balaban J connectivity index is 5.53. The Labute approximate surface area is 129 Å². The molecule has 0 spiro atoms. The minimum atomic E-state index is -5.52. The summed E-state index contributed by atoms with van der Waals surface area (Å²) in [6.45, 7) is -0.785. The molecule has 0 bridgehead atoms. The van der Waals surface area contributed by atoms with E-state index in [1.54, 1.807) is 0 Å². The van der Waals surface area contributed by atoms with Gasteiger partial charge in [-0.2, -0.15) is 0 Å². The molecule has 10 N–H and O–H groups in total. The van der Waals surface area contributed by atoms with Crippen LogP contribution in [0.1, 0.15) is 6.42 Å². The van der Waals surface area contributed by atoms with Crippen molar-refractivity contribution in [1.82, 2.24) is 0 Å². The van der Waals surface area contributed by atoms with Gasteiger partial charge in [0.2, 0.25) is 0 Å². The maximum Gasteiger partial charge on any atom is 0.366 e. The fourth-order valence-electron chi connectivity index (χ4n) is 1.44. The van der Waals surface area contributed by atoms with Gasteiger partial charge in [0.05, 0.1) is 6.10 Å². The highest BCUT2D eigenvalue weighted by Crippen LogP contribution is 2.63. The molecule has 0 aromatic carbocycles. The lowest BCUT2D eigenvalue weighted by Crippen LogP contribution is -2.32. The number of hydrogen-bond acceptors (Lipinski definition) is 6. The molecule has 0 aliphatic rings. The second-order valence-electron chi connectivity index (χ2n) is 4.39. The van der Waals surface area contributed by atoms with Crippen molar-refractivity contribution >= 4 is 30.4 Å². The van der Waals surface area contributed by atoms with E-state index in [2.05, 4.69) is 4.74 Å². The van der Waals surface area contributed by atoms with Crippen molar-refractivity contribution < 1.29 is 62.1 Å². The van der Waals surface area contributed by atoms with E-state index in [-0.39, 0.29) is 0 Å². The van der Waals surface area contributed by atoms with Gasteiger partial charge in [0, 0.05) is 13.0 Å². The van der Waals surface area contributed by atoms with Crippen molar-refractivity contribution in [2.75, 3.05) is 6.54 Å². The minimum absolute atomic E-state index is 0.785. The zero-order chi connectivity index (χ0) is 18.9. The van der Waals surface area contributed by atoms with E-state index in [1.807, 2.05) is 0 Å². The first-order valence-electron chi connectivity index (χ1n) is 5.47. The van der Waals surface area contributed by atoms with Crippen LogP contribution in [0.25, 0.3) is 0 Å². The second-order valence-corrected chi connectivity index (χ2v) is 12.1. The maximum atomic E-state index is 11.1. The zero-order valence-electron chi connectivity index (χ0n) is 11.1. The lowest BCUT2D eigenvalue weighted by molar-refractivity contribution is 0.0425. The van der Waals surface area contributed by atoms with Crippen LogP contribution >= 0.6 is 30.4 Å². The Bertz CT molecular complexity index is 487. The van der Waals surface area contributed by atoms with Gasteiger partial charge in [-0.3, -0.25) is 18.3 Å². The summed E-state index contributed by atoms with van der Waals surface area (Å²) in [6.07, 6.45) is -3.05. The highest BCUT2D eigenvalue weighted by Gasteiger charge is 2.49. The molecule has 14 nitrogen and oxygen atoms in total. The van der Waals surface area contributed by atoms with Gasteiger partial charge in [0.25, 0.3) is 5.59 Å². The van der Waals surface area contributed by atoms with E-state index in [1.165, 1.54) is 0 Å². The van der Waals surface area contributed by atoms with Gasteiger partial charge in [0.1, 0.15) is 0 Å². The van der Waals surface area contributed by atoms with Gasteiger partial charge in [-0.15, -0.1) is 0 Å². The Kier molecular flexibility index (Phi) is 8.00. The topological polar surface area (TPSA) is 265 Å². The third kappa shape index (κ3) is 7.96. The Morgan fingerprint density at radius 1 is 0.739 bits per heavy atom. The fraction of sp³-hybridized carbons (Fsp3) is 1.00. The smallest absolute Gasteiger partial charge is 0.350 e. The Morgan fingerprint density at radius 3 is 1.30 bits per heavy atom. The molecule has 0 aromatic heterocycles. The Hall–Kier alpha value is 0.520. The highest BCUT2D eigenvalue weighted by molar-refractivity contribution is 7.71. The standard InChI is InChI=1S/C5H17NO13P4/c6-2-3(1-4(20(7,8)9)21(10,11)12)19-5(22(13,14)15)23(16,17)18/h3-5H,1-2,6H2,(H2,7,8,9)(H2,10,11,12)(H2,13,14,15)(H2,16,17,18). The summed E-state index contributed by atoms with van der Waals surface area (Å²) < 4.78 is 48.7. The lowest BCUT2D eigenvalue weighted by atomic mass is 10.3. The quantitative estimate of drug-likeness (QED) is 0.182. The molecule has 140 valence electrons. The normalized spacial score (nSPS) is 16.1. The van der Waals surface area contributed by atoms with Crippen molar-refractivity contribution in [3.63, 3.8) is 0 Å². The predicted molar refractivity (Wildman–Crippen MR) is 74.3 cm³/mol. The van der Waals surface area contributed by atoms with Crippen molar-refractivity contribution in [3.05, 3.63) is 0 Å². The van der Waals surface area contributed by atoms with Gasteiger partial charge in [-0.25, -0.2) is 0 Å². The van der Waals surface area contributed by atoms with Crippen LogP contribution < -0.4 is 5.73 Å². The molecule has 0 rings (SSSR count). The fourth-order valence-corrected chi connectivity index (χ4v) is 6.26. The molecule has 0 aliphatic heterocycles. The number of ether oxygens (including phenoxy) is 1. The maximum absolute atomic E-state index is 11.1. The van der Waals surface area contributed by atoms with Crippen molar-refractivity contribution in [2.24, 2.45) is 5.73 Å². The summed E-state index contributed by atoms with van der Waals surface area (Å²) >= 11 is 0. The van der Waals surface area contributed by atoms with Crippen LogP contribution in [0.4, 0.5) is 0 Å². The lowest BCUT2D eigenvalue weighted by Gasteiger charge is -2.28. The summed E-state index contributed by atoms with van der Waals surface area (Å²) in [6, 6.07) is 0.